The molecule has 3 heterocycles. The van der Waals surface area contributed by atoms with E-state index in [1.807, 2.05) is 18.2 Å². The van der Waals surface area contributed by atoms with Crippen LogP contribution in [0.5, 0.6) is 5.75 Å². The molecule has 180 valence electrons. The van der Waals surface area contributed by atoms with E-state index in [-0.39, 0.29) is 12.6 Å². The summed E-state index contributed by atoms with van der Waals surface area (Å²) >= 11 is 1.19. The predicted molar refractivity (Wildman–Crippen MR) is 127 cm³/mol. The van der Waals surface area contributed by atoms with E-state index in [0.717, 1.165) is 35.8 Å². The van der Waals surface area contributed by atoms with E-state index in [1.54, 1.807) is 19.2 Å². The third kappa shape index (κ3) is 5.97. The summed E-state index contributed by atoms with van der Waals surface area (Å²) in [4.78, 5) is 15.4. The molecule has 1 unspecified atom stereocenters. The summed E-state index contributed by atoms with van der Waals surface area (Å²) in [6, 6.07) is 11.1. The minimum absolute atomic E-state index is 0.249. The van der Waals surface area contributed by atoms with Crippen molar-refractivity contribution < 1.29 is 22.7 Å². The topological polar surface area (TPSA) is 100 Å². The van der Waals surface area contributed by atoms with Gasteiger partial charge in [0, 0.05) is 49.4 Å². The Labute approximate surface area is 198 Å². The smallest absolute Gasteiger partial charge is 0.315 e. The molecule has 2 aromatic rings. The van der Waals surface area contributed by atoms with Crippen molar-refractivity contribution in [3.63, 3.8) is 0 Å². The van der Waals surface area contributed by atoms with Crippen LogP contribution in [0.2, 0.25) is 0 Å². The van der Waals surface area contributed by atoms with Crippen molar-refractivity contribution >= 4 is 33.1 Å². The molecule has 2 amide bonds. The number of amides is 2. The van der Waals surface area contributed by atoms with Gasteiger partial charge in [-0.3, -0.25) is 0 Å². The Kier molecular flexibility index (Phi) is 7.74. The number of nitrogens with one attached hydrogen (secondary N) is 2. The monoisotopic (exact) mass is 494 g/mol. The Morgan fingerprint density at radius 3 is 2.79 bits per heavy atom. The van der Waals surface area contributed by atoms with E-state index in [1.165, 1.54) is 15.6 Å². The molecule has 4 rings (SSSR count). The van der Waals surface area contributed by atoms with Crippen molar-refractivity contribution in [2.45, 2.75) is 17.2 Å². The van der Waals surface area contributed by atoms with Crippen LogP contribution in [-0.4, -0.2) is 71.8 Å². The second-order valence-electron chi connectivity index (χ2n) is 8.10. The minimum Gasteiger partial charge on any atom is -0.497 e. The van der Waals surface area contributed by atoms with E-state index < -0.39 is 10.0 Å². The normalized spacial score (nSPS) is 19.4. The summed E-state index contributed by atoms with van der Waals surface area (Å²) in [7, 11) is -1.84. The highest BCUT2D eigenvalue weighted by Gasteiger charge is 2.28. The Balaban J connectivity index is 1.21. The lowest BCUT2D eigenvalue weighted by atomic mass is 10.1. The number of anilines is 1. The number of benzene rings is 1. The summed E-state index contributed by atoms with van der Waals surface area (Å²) in [5, 5.41) is 5.77. The maximum Gasteiger partial charge on any atom is 0.315 e. The van der Waals surface area contributed by atoms with Gasteiger partial charge in [-0.05, 0) is 36.6 Å². The maximum atomic E-state index is 12.7. The van der Waals surface area contributed by atoms with Gasteiger partial charge in [0.15, 0.2) is 0 Å². The van der Waals surface area contributed by atoms with Crippen molar-refractivity contribution in [3.05, 3.63) is 41.3 Å². The molecule has 2 saturated heterocycles. The minimum atomic E-state index is -3.50. The summed E-state index contributed by atoms with van der Waals surface area (Å²) in [6.07, 6.45) is 1.01. The lowest BCUT2D eigenvalue weighted by Gasteiger charge is -2.25. The van der Waals surface area contributed by atoms with Gasteiger partial charge in [-0.2, -0.15) is 4.31 Å². The Bertz CT molecular complexity index is 1050. The SMILES string of the molecule is COc1cccc(N2CCC(CNC(=O)NCc3ccc(S(=O)(=O)N4CCOCC4)s3)C2)c1. The third-order valence-corrected chi connectivity index (χ3v) is 9.33. The van der Waals surface area contributed by atoms with Gasteiger partial charge in [0.05, 0.1) is 26.9 Å². The molecular formula is C22H30N4O5S2. The molecule has 2 fully saturated rings. The maximum absolute atomic E-state index is 12.7. The van der Waals surface area contributed by atoms with Gasteiger partial charge < -0.3 is 25.0 Å². The van der Waals surface area contributed by atoms with E-state index >= 15 is 0 Å². The summed E-state index contributed by atoms with van der Waals surface area (Å²) < 4.78 is 37.7. The van der Waals surface area contributed by atoms with Crippen LogP contribution in [0.25, 0.3) is 0 Å². The number of methoxy groups -OCH3 is 1. The van der Waals surface area contributed by atoms with Crippen molar-refractivity contribution in [3.8, 4) is 5.75 Å². The van der Waals surface area contributed by atoms with Crippen LogP contribution in [0.15, 0.2) is 40.6 Å². The second kappa shape index (κ2) is 10.7. The molecule has 1 aromatic heterocycles. The molecular weight excluding hydrogens is 464 g/mol. The molecule has 0 saturated carbocycles. The van der Waals surface area contributed by atoms with Crippen LogP contribution >= 0.6 is 11.3 Å². The highest BCUT2D eigenvalue weighted by molar-refractivity contribution is 7.91. The number of nitrogens with zero attached hydrogens (tertiary/aromatic N) is 2. The Morgan fingerprint density at radius 2 is 2.00 bits per heavy atom. The van der Waals surface area contributed by atoms with Crippen LogP contribution in [0.3, 0.4) is 0 Å². The molecule has 0 bridgehead atoms. The summed E-state index contributed by atoms with van der Waals surface area (Å²) in [6.45, 7) is 4.26. The van der Waals surface area contributed by atoms with Crippen LogP contribution in [0.1, 0.15) is 11.3 Å². The van der Waals surface area contributed by atoms with Gasteiger partial charge in [0.2, 0.25) is 0 Å². The highest BCUT2D eigenvalue weighted by atomic mass is 32.2. The first-order valence-electron chi connectivity index (χ1n) is 11.0. The number of hydrogen-bond donors (Lipinski definition) is 2. The van der Waals surface area contributed by atoms with Gasteiger partial charge in [0.25, 0.3) is 10.0 Å². The van der Waals surface area contributed by atoms with Gasteiger partial charge in [-0.1, -0.05) is 6.07 Å². The van der Waals surface area contributed by atoms with Crippen LogP contribution in [0.4, 0.5) is 10.5 Å². The van der Waals surface area contributed by atoms with Crippen molar-refractivity contribution in [2.75, 3.05) is 57.9 Å². The van der Waals surface area contributed by atoms with Crippen molar-refractivity contribution in [2.24, 2.45) is 5.92 Å². The number of rotatable bonds is 8. The molecule has 33 heavy (non-hydrogen) atoms. The number of thiophene rings is 1. The van der Waals surface area contributed by atoms with Gasteiger partial charge in [-0.15, -0.1) is 11.3 Å². The molecule has 2 N–H and O–H groups in total. The molecule has 2 aliphatic rings. The molecule has 9 nitrogen and oxygen atoms in total. The first-order chi connectivity index (χ1) is 16.0. The van der Waals surface area contributed by atoms with Crippen molar-refractivity contribution in [1.82, 2.24) is 14.9 Å². The number of carbonyl (C=O) groups excluding carboxylic acids is 1. The molecule has 0 spiro atoms. The molecule has 2 aliphatic heterocycles. The Morgan fingerprint density at radius 1 is 1.18 bits per heavy atom. The zero-order valence-electron chi connectivity index (χ0n) is 18.7. The van der Waals surface area contributed by atoms with Crippen LogP contribution in [0, 0.1) is 5.92 Å². The number of sulfonamides is 1. The number of hydrogen-bond acceptors (Lipinski definition) is 7. The molecule has 1 atom stereocenters. The fraction of sp³-hybridized carbons (Fsp3) is 0.500. The number of ether oxygens (including phenoxy) is 2. The quantitative estimate of drug-likeness (QED) is 0.583. The van der Waals surface area contributed by atoms with Crippen LogP contribution in [-0.2, 0) is 21.3 Å². The van der Waals surface area contributed by atoms with Crippen molar-refractivity contribution in [1.29, 1.82) is 0 Å². The van der Waals surface area contributed by atoms with E-state index in [2.05, 4.69) is 21.6 Å². The first-order valence-corrected chi connectivity index (χ1v) is 13.3. The average molecular weight is 495 g/mol. The lowest BCUT2D eigenvalue weighted by molar-refractivity contribution is 0.0731. The lowest BCUT2D eigenvalue weighted by Crippen LogP contribution is -2.40. The molecule has 1 aromatic carbocycles. The standard InChI is InChI=1S/C22H30N4O5S2/c1-30-19-4-2-3-18(13-19)25-8-7-17(16-25)14-23-22(27)24-15-20-5-6-21(32-20)33(28,29)26-9-11-31-12-10-26/h2-6,13,17H,7-12,14-16H2,1H3,(H2,23,24,27). The average Bonchev–Trinajstić information content (AvgIpc) is 3.52. The number of morpholine rings is 1. The number of carbonyl (C=O) groups is 1. The summed E-state index contributed by atoms with van der Waals surface area (Å²) in [5.41, 5.74) is 1.13. The summed E-state index contributed by atoms with van der Waals surface area (Å²) in [5.74, 6) is 1.21. The van der Waals surface area contributed by atoms with E-state index in [4.69, 9.17) is 9.47 Å². The van der Waals surface area contributed by atoms with Gasteiger partial charge in [0.1, 0.15) is 9.96 Å². The molecule has 11 heteroatoms. The zero-order chi connectivity index (χ0) is 23.3. The predicted octanol–water partition coefficient (Wildman–Crippen LogP) is 2.10. The fourth-order valence-corrected chi connectivity index (χ4v) is 6.87. The van der Waals surface area contributed by atoms with E-state index in [0.29, 0.717) is 43.0 Å². The molecule has 0 aliphatic carbocycles. The largest absolute Gasteiger partial charge is 0.497 e. The molecule has 0 radical (unpaired) electrons. The van der Waals surface area contributed by atoms with E-state index in [9.17, 15) is 13.2 Å². The highest BCUT2D eigenvalue weighted by Crippen LogP contribution is 2.27. The van der Waals surface area contributed by atoms with Gasteiger partial charge >= 0.3 is 6.03 Å². The Hall–Kier alpha value is -2.34. The second-order valence-corrected chi connectivity index (χ2v) is 11.4. The fourth-order valence-electron chi connectivity index (χ4n) is 4.01. The van der Waals surface area contributed by atoms with Crippen LogP contribution < -0.4 is 20.3 Å². The number of urea groups is 1. The first kappa shape index (κ1) is 23.8. The van der Waals surface area contributed by atoms with Gasteiger partial charge in [-0.25, -0.2) is 13.2 Å². The third-order valence-electron chi connectivity index (χ3n) is 5.88. The zero-order valence-corrected chi connectivity index (χ0v) is 20.3.